The summed E-state index contributed by atoms with van der Waals surface area (Å²) >= 11 is 0. The van der Waals surface area contributed by atoms with E-state index in [4.69, 9.17) is 92.0 Å². The minimum absolute atomic E-state index is 0.0114. The number of aliphatic hydroxyl groups excluding tert-OH is 1. The lowest BCUT2D eigenvalue weighted by atomic mass is 9.78. The number of fused-ring (bicyclic) bond motifs is 5. The number of methoxy groups -OCH3 is 3. The summed E-state index contributed by atoms with van der Waals surface area (Å²) in [5.41, 5.74) is 15.5. The third kappa shape index (κ3) is 31.5. The number of unbranched alkanes of at least 4 members (excludes halogenated alkanes) is 1. The summed E-state index contributed by atoms with van der Waals surface area (Å²) in [5, 5.41) is 40.8. The average Bonchev–Trinajstić information content (AvgIpc) is 1.32. The zero-order chi connectivity index (χ0) is 92.0. The van der Waals surface area contributed by atoms with Gasteiger partial charge < -0.3 is 107 Å². The topological polar surface area (TPSA) is 449 Å². The van der Waals surface area contributed by atoms with Gasteiger partial charge in [-0.3, -0.25) is 24.0 Å². The van der Waals surface area contributed by atoms with E-state index in [0.29, 0.717) is 228 Å². The molecule has 2 saturated heterocycles. The first kappa shape index (κ1) is 103. The Morgan fingerprint density at radius 3 is 2.07 bits per heavy atom. The van der Waals surface area contributed by atoms with Gasteiger partial charge in [-0.25, -0.2) is 24.1 Å². The normalized spacial score (nSPS) is 27.0. The number of hydrogen-bond acceptors (Lipinski definition) is 32. The van der Waals surface area contributed by atoms with Gasteiger partial charge in [0.15, 0.2) is 17.0 Å². The van der Waals surface area contributed by atoms with Gasteiger partial charge >= 0.3 is 5.97 Å². The molecular formula is C92H140N12O24. The molecule has 2 amide bonds. The standard InChI is InChI=1S/C92H140N12O24/c1-61-19-13-12-14-20-62(2)76(113-9)56-71-24-21-67(7)92(112,128-71)85(109)88(110)103-30-17-15-28-91(103,8)89(111)126-77(57-73(105)63(3)52-66(6)83(108)84(115-11)82(107)65(5)51-61)64(4)53-68-22-25-75(78(54-68)114-10)125-50-49-124-59-70-58-102(101-99-70)32-34-117-36-38-119-40-42-121-44-46-123-48-47-122-45-43-120-41-39-118-37-35-116-33-27-79(106)95-29-16-18-31-104-87-80(86(93)96-60-97-87)81(100-104)69-23-26-74-72(55-69)98-90(94)127-74/h12-14,19-20,23,26,52,55,58,60-61,63-65,67-68,71,75-78,83-84,108,112H,15-18,21-22,24-25,27-51,53-54,56-57,59H2,1-11H3,(H2,94,98)(H,95,106)(H2,93,96,97)/b14-12+,19-13+,62-20+,66-52+/t61-,63-,64-,65-,67-,68+,71+,75-,76+,77+,78-,83-,84+,91+,92-/m1/s1. The molecule has 1 aromatic carbocycles. The number of cyclic esters (lactones) is 1. The number of Topliss-reactive ketones (excluding diaryl/α,β-unsaturated/α-hetero) is 3. The quantitative estimate of drug-likeness (QED) is 0.0105. The second-order valence-corrected chi connectivity index (χ2v) is 34.1. The lowest BCUT2D eigenvalue weighted by molar-refractivity contribution is -0.266. The third-order valence-electron chi connectivity index (χ3n) is 24.3. The fraction of sp³-hybridized carbons (Fsp3) is 0.696. The Morgan fingerprint density at radius 1 is 0.727 bits per heavy atom. The average molecular weight is 1800 g/mol. The van der Waals surface area contributed by atoms with Crippen molar-refractivity contribution in [3.8, 4) is 11.3 Å². The van der Waals surface area contributed by atoms with Crippen molar-refractivity contribution < 1.29 is 114 Å². The number of nitrogen functional groups attached to an aromatic ring is 2. The highest BCUT2D eigenvalue weighted by atomic mass is 16.6. The number of nitrogens with two attached hydrogens (primary N) is 2. The van der Waals surface area contributed by atoms with Crippen LogP contribution in [0.3, 0.4) is 0 Å². The molecule has 15 atom stereocenters. The van der Waals surface area contributed by atoms with Gasteiger partial charge in [-0.15, -0.1) is 5.10 Å². The second kappa shape index (κ2) is 53.9. The molecule has 4 aliphatic rings. The Labute approximate surface area is 751 Å². The number of aromatic nitrogens is 8. The smallest absolute Gasteiger partial charge is 0.332 e. The van der Waals surface area contributed by atoms with Gasteiger partial charge in [-0.2, -0.15) is 10.1 Å². The van der Waals surface area contributed by atoms with Crippen LogP contribution in [-0.2, 0) is 120 Å². The van der Waals surface area contributed by atoms with Gasteiger partial charge in [0.2, 0.25) is 11.7 Å². The number of carbonyl (C=O) groups is 6. The van der Waals surface area contributed by atoms with Crippen molar-refractivity contribution in [2.45, 2.75) is 225 Å². The number of aryl methyl sites for hydroxylation is 1. The van der Waals surface area contributed by atoms with Gasteiger partial charge in [0.05, 0.1) is 168 Å². The zero-order valence-corrected chi connectivity index (χ0v) is 76.8. The maximum absolute atomic E-state index is 15.1. The lowest BCUT2D eigenvalue weighted by Crippen LogP contribution is -2.64. The van der Waals surface area contributed by atoms with Gasteiger partial charge in [0.1, 0.15) is 58.7 Å². The fourth-order valence-corrected chi connectivity index (χ4v) is 16.7. The summed E-state index contributed by atoms with van der Waals surface area (Å²) < 4.78 is 96.6. The van der Waals surface area contributed by atoms with E-state index in [-0.39, 0.29) is 93.0 Å². The molecule has 0 spiro atoms. The number of oxazole rings is 1. The molecule has 3 aliphatic heterocycles. The summed E-state index contributed by atoms with van der Waals surface area (Å²) in [6.45, 7) is 23.2. The maximum atomic E-state index is 15.1. The number of piperidine rings is 1. The molecule has 5 aromatic rings. The van der Waals surface area contributed by atoms with Crippen LogP contribution in [0.4, 0.5) is 11.8 Å². The number of esters is 1. The highest BCUT2D eigenvalue weighted by Gasteiger charge is 2.56. The number of ether oxygens (including phenoxy) is 15. The number of rotatable bonds is 45. The molecule has 128 heavy (non-hydrogen) atoms. The Kier molecular flexibility index (Phi) is 43.6. The lowest BCUT2D eigenvalue weighted by Gasteiger charge is -2.46. The van der Waals surface area contributed by atoms with E-state index in [1.165, 1.54) is 18.3 Å². The molecule has 9 rings (SSSR count). The predicted molar refractivity (Wildman–Crippen MR) is 474 cm³/mol. The van der Waals surface area contributed by atoms with Crippen LogP contribution >= 0.6 is 0 Å². The zero-order valence-electron chi connectivity index (χ0n) is 76.8. The Bertz CT molecular complexity index is 4380. The van der Waals surface area contributed by atoms with Crippen molar-refractivity contribution in [3.05, 3.63) is 84.0 Å². The van der Waals surface area contributed by atoms with Crippen LogP contribution < -0.4 is 16.8 Å². The number of benzene rings is 1. The van der Waals surface area contributed by atoms with Crippen LogP contribution in [0.1, 0.15) is 157 Å². The van der Waals surface area contributed by atoms with Crippen LogP contribution in [0, 0.1) is 35.5 Å². The predicted octanol–water partition coefficient (Wildman–Crippen LogP) is 8.64. The Hall–Kier alpha value is -8.28. The molecule has 1 saturated carbocycles. The van der Waals surface area contributed by atoms with Crippen LogP contribution in [0.25, 0.3) is 33.4 Å². The number of allylic oxidation sites excluding steroid dienone is 6. The molecule has 7 heterocycles. The van der Waals surface area contributed by atoms with E-state index >= 15 is 4.79 Å². The summed E-state index contributed by atoms with van der Waals surface area (Å²) in [6.07, 6.45) is 16.2. The summed E-state index contributed by atoms with van der Waals surface area (Å²) in [7, 11) is 4.61. The van der Waals surface area contributed by atoms with Crippen molar-refractivity contribution in [2.24, 2.45) is 35.5 Å². The molecule has 7 N–H and O–H groups in total. The molecule has 0 unspecified atom stereocenters. The van der Waals surface area contributed by atoms with Crippen molar-refractivity contribution in [1.82, 2.24) is 49.9 Å². The first-order valence-electron chi connectivity index (χ1n) is 45.4. The molecule has 2 bridgehead atoms. The number of nitrogens with zero attached hydrogens (tertiary/aromatic N) is 9. The van der Waals surface area contributed by atoms with Crippen molar-refractivity contribution in [1.29, 1.82) is 0 Å². The molecule has 712 valence electrons. The first-order chi connectivity index (χ1) is 61.7. The van der Waals surface area contributed by atoms with Crippen LogP contribution in [0.2, 0.25) is 0 Å². The van der Waals surface area contributed by atoms with E-state index in [1.807, 2.05) is 76.4 Å². The summed E-state index contributed by atoms with van der Waals surface area (Å²) in [5.74, 6) is -8.18. The Balaban J connectivity index is 0.591. The van der Waals surface area contributed by atoms with E-state index in [0.717, 1.165) is 30.4 Å². The number of anilines is 2. The van der Waals surface area contributed by atoms with Gasteiger partial charge in [-0.05, 0) is 145 Å². The first-order valence-corrected chi connectivity index (χ1v) is 45.4. The van der Waals surface area contributed by atoms with Crippen LogP contribution in [0.15, 0.2) is 82.7 Å². The molecule has 3 fully saturated rings. The minimum Gasteiger partial charge on any atom is -0.460 e. The monoisotopic (exact) mass is 1800 g/mol. The van der Waals surface area contributed by atoms with Gasteiger partial charge in [-0.1, -0.05) is 76.3 Å². The fourth-order valence-electron chi connectivity index (χ4n) is 16.7. The number of amides is 2. The van der Waals surface area contributed by atoms with Gasteiger partial charge in [0, 0.05) is 83.5 Å². The van der Waals surface area contributed by atoms with E-state index < -0.39 is 83.2 Å². The van der Waals surface area contributed by atoms with Crippen molar-refractivity contribution in [3.63, 3.8) is 0 Å². The van der Waals surface area contributed by atoms with Gasteiger partial charge in [0.25, 0.3) is 17.7 Å². The summed E-state index contributed by atoms with van der Waals surface area (Å²) in [4.78, 5) is 99.5. The number of hydrogen-bond donors (Lipinski definition) is 5. The second-order valence-electron chi connectivity index (χ2n) is 34.1. The Morgan fingerprint density at radius 2 is 1.40 bits per heavy atom. The number of aliphatic hydroxyl groups is 2. The largest absolute Gasteiger partial charge is 0.460 e. The number of carbonyl (C=O) groups excluding carboxylic acids is 6. The minimum atomic E-state index is -2.49. The molecule has 36 nitrogen and oxygen atoms in total. The highest BCUT2D eigenvalue weighted by Crippen LogP contribution is 2.41. The molecule has 36 heteroatoms. The molecule has 1 aliphatic carbocycles. The number of nitrogens with one attached hydrogen (secondary N) is 1. The summed E-state index contributed by atoms with van der Waals surface area (Å²) in [6, 6.07) is 5.57. The van der Waals surface area contributed by atoms with Crippen LogP contribution in [-0.4, -0.2) is 297 Å². The van der Waals surface area contributed by atoms with Crippen LogP contribution in [0.5, 0.6) is 0 Å². The SMILES string of the molecule is CO[C@H]1C[C@@H]2CC[C@@H](C)[C@@](O)(O2)C(=O)C(=O)N2CCCC[C@@]2(C)C(=O)O[C@H]([C@H](C)C[C@@H]2CC[C@@H](OCCOCc3cn(CCOCCOCCOCCOCCOCCOCCOCCOCCC(=O)NCCCCn4nc(-c5ccc6oc(N)nc6c5)c5c(N)ncnc54)nn3)[C@H](OC)C2)CC(=O)[C@H](C)/C=C(\C)[C@@H](O)[C@@H](OC)C(=O)[C@H](C)C[C@H](C)/C=C/C=C/C=C/1C. The van der Waals surface area contributed by atoms with Crippen molar-refractivity contribution >= 4 is 69.1 Å². The maximum Gasteiger partial charge on any atom is 0.332 e. The molecule has 4 aromatic heterocycles. The third-order valence-corrected chi connectivity index (χ3v) is 24.3. The van der Waals surface area contributed by atoms with Crippen molar-refractivity contribution in [2.75, 3.05) is 165 Å². The van der Waals surface area contributed by atoms with E-state index in [1.54, 1.807) is 63.4 Å². The van der Waals surface area contributed by atoms with E-state index in [9.17, 15) is 34.2 Å². The highest BCUT2D eigenvalue weighted by molar-refractivity contribution is 6.39. The number of ketones is 3. The molecule has 0 radical (unpaired) electrons. The molecular weight excluding hydrogens is 1660 g/mol. The van der Waals surface area contributed by atoms with E-state index in [2.05, 4.69) is 30.6 Å².